The lowest BCUT2D eigenvalue weighted by Gasteiger charge is -2.25. The Kier molecular flexibility index (Phi) is 4.46. The molecule has 5 rings (SSSR count). The number of hydrogen-bond donors (Lipinski definition) is 0. The van der Waals surface area contributed by atoms with Crippen molar-refractivity contribution in [2.45, 2.75) is 19.4 Å². The van der Waals surface area contributed by atoms with Gasteiger partial charge in [0.25, 0.3) is 0 Å². The number of benzene rings is 3. The Morgan fingerprint density at radius 2 is 1.64 bits per heavy atom. The van der Waals surface area contributed by atoms with Gasteiger partial charge in [-0.3, -0.25) is 0 Å². The summed E-state index contributed by atoms with van der Waals surface area (Å²) in [7, 11) is 0. The largest absolute Gasteiger partial charge is 0.337 e. The first-order valence-corrected chi connectivity index (χ1v) is 10.5. The van der Waals surface area contributed by atoms with Crippen LogP contribution in [0.1, 0.15) is 24.0 Å². The fourth-order valence-corrected chi connectivity index (χ4v) is 5.37. The third-order valence-corrected chi connectivity index (χ3v) is 6.70. The molecule has 0 fully saturated rings. The molecule has 0 N–H and O–H groups in total. The molecular formula is C25H22N2S. The molecule has 138 valence electrons. The van der Waals surface area contributed by atoms with Crippen LogP contribution >= 0.6 is 11.3 Å². The third kappa shape index (κ3) is 3.12. The summed E-state index contributed by atoms with van der Waals surface area (Å²) in [6.45, 7) is 3.29. The molecule has 3 heteroatoms. The van der Waals surface area contributed by atoms with Crippen LogP contribution < -0.4 is 0 Å². The summed E-state index contributed by atoms with van der Waals surface area (Å²) in [6.07, 6.45) is 5.82. The normalized spacial score (nSPS) is 13.8. The zero-order valence-corrected chi connectivity index (χ0v) is 16.6. The second-order valence-corrected chi connectivity index (χ2v) is 8.56. The van der Waals surface area contributed by atoms with Gasteiger partial charge in [-0.1, -0.05) is 61.5 Å². The average Bonchev–Trinajstić information content (AvgIpc) is 3.36. The van der Waals surface area contributed by atoms with Crippen LogP contribution in [0.15, 0.2) is 91.5 Å². The first-order chi connectivity index (χ1) is 13.8. The molecule has 2 unspecified atom stereocenters. The van der Waals surface area contributed by atoms with Gasteiger partial charge in [-0.25, -0.2) is 4.98 Å². The lowest BCUT2D eigenvalue weighted by molar-refractivity contribution is 0.434. The van der Waals surface area contributed by atoms with Crippen molar-refractivity contribution in [2.75, 3.05) is 0 Å². The minimum atomic E-state index is 0.340. The van der Waals surface area contributed by atoms with Gasteiger partial charge in [-0.2, -0.15) is 0 Å². The van der Waals surface area contributed by atoms with E-state index >= 15 is 0 Å². The zero-order valence-electron chi connectivity index (χ0n) is 15.8. The van der Waals surface area contributed by atoms with Crippen LogP contribution in [0.25, 0.3) is 20.2 Å². The summed E-state index contributed by atoms with van der Waals surface area (Å²) < 4.78 is 4.90. The van der Waals surface area contributed by atoms with Gasteiger partial charge in [0.05, 0.1) is 6.33 Å². The lowest BCUT2D eigenvalue weighted by atomic mass is 9.81. The van der Waals surface area contributed by atoms with E-state index in [1.165, 1.54) is 31.3 Å². The highest BCUT2D eigenvalue weighted by Gasteiger charge is 2.22. The fraction of sp³-hybridized carbons (Fsp3) is 0.160. The topological polar surface area (TPSA) is 17.8 Å². The van der Waals surface area contributed by atoms with E-state index in [1.807, 2.05) is 30.1 Å². The monoisotopic (exact) mass is 382 g/mol. The molecule has 2 heterocycles. The summed E-state index contributed by atoms with van der Waals surface area (Å²) in [5.41, 5.74) is 2.75. The summed E-state index contributed by atoms with van der Waals surface area (Å²) >= 11 is 1.88. The number of aromatic nitrogens is 2. The molecule has 0 spiro atoms. The van der Waals surface area contributed by atoms with Crippen molar-refractivity contribution in [3.05, 3.63) is 103 Å². The minimum absolute atomic E-state index is 0.340. The number of thiophene rings is 1. The van der Waals surface area contributed by atoms with E-state index in [0.717, 1.165) is 6.54 Å². The van der Waals surface area contributed by atoms with Crippen LogP contribution in [-0.4, -0.2) is 9.55 Å². The molecule has 0 bridgehead atoms. The molecule has 0 aliphatic rings. The Bertz CT molecular complexity index is 1210. The van der Waals surface area contributed by atoms with Gasteiger partial charge in [0.2, 0.25) is 0 Å². The molecule has 0 aliphatic heterocycles. The minimum Gasteiger partial charge on any atom is -0.337 e. The summed E-state index contributed by atoms with van der Waals surface area (Å²) in [5, 5.41) is 2.73. The van der Waals surface area contributed by atoms with E-state index in [4.69, 9.17) is 0 Å². The SMILES string of the molecule is CC(Cn1ccnc1)C(c1ccccc1)c1ccc2sc3ccccc3c2c1. The van der Waals surface area contributed by atoms with E-state index in [9.17, 15) is 0 Å². The smallest absolute Gasteiger partial charge is 0.0946 e. The van der Waals surface area contributed by atoms with E-state index in [1.54, 1.807) is 0 Å². The van der Waals surface area contributed by atoms with Crippen LogP contribution in [-0.2, 0) is 6.54 Å². The highest BCUT2D eigenvalue weighted by atomic mass is 32.1. The molecule has 28 heavy (non-hydrogen) atoms. The van der Waals surface area contributed by atoms with Gasteiger partial charge < -0.3 is 4.57 Å². The Labute approximate surface area is 169 Å². The molecule has 2 aromatic heterocycles. The molecule has 0 saturated carbocycles. The van der Waals surface area contributed by atoms with Crippen molar-refractivity contribution in [3.8, 4) is 0 Å². The first kappa shape index (κ1) is 17.2. The van der Waals surface area contributed by atoms with Crippen LogP contribution in [0.5, 0.6) is 0 Å². The molecule has 2 atom stereocenters. The summed E-state index contributed by atoms with van der Waals surface area (Å²) in [5.74, 6) is 0.783. The highest BCUT2D eigenvalue weighted by Crippen LogP contribution is 2.39. The van der Waals surface area contributed by atoms with Crippen molar-refractivity contribution < 1.29 is 0 Å². The number of hydrogen-bond acceptors (Lipinski definition) is 2. The predicted molar refractivity (Wildman–Crippen MR) is 119 cm³/mol. The summed E-state index contributed by atoms with van der Waals surface area (Å²) in [4.78, 5) is 4.21. The van der Waals surface area contributed by atoms with Crippen molar-refractivity contribution in [1.82, 2.24) is 9.55 Å². The number of nitrogens with zero attached hydrogens (tertiary/aromatic N) is 2. The molecule has 0 amide bonds. The third-order valence-electron chi connectivity index (χ3n) is 5.55. The Hall–Kier alpha value is -2.91. The van der Waals surface area contributed by atoms with Gasteiger partial charge in [-0.05, 0) is 35.2 Å². The van der Waals surface area contributed by atoms with E-state index in [-0.39, 0.29) is 0 Å². The van der Waals surface area contributed by atoms with Gasteiger partial charge in [0, 0.05) is 45.0 Å². The maximum Gasteiger partial charge on any atom is 0.0946 e. The predicted octanol–water partition coefficient (Wildman–Crippen LogP) is 6.72. The average molecular weight is 383 g/mol. The lowest BCUT2D eigenvalue weighted by Crippen LogP contribution is -2.17. The molecule has 5 aromatic rings. The Balaban J connectivity index is 1.62. The fourth-order valence-electron chi connectivity index (χ4n) is 4.28. The molecule has 0 saturated heterocycles. The Morgan fingerprint density at radius 1 is 0.857 bits per heavy atom. The number of fused-ring (bicyclic) bond motifs is 3. The van der Waals surface area contributed by atoms with Gasteiger partial charge in [0.1, 0.15) is 0 Å². The van der Waals surface area contributed by atoms with Crippen LogP contribution in [0.4, 0.5) is 0 Å². The standard InChI is InChI=1S/C25H22N2S/c1-18(16-27-14-13-26-17-27)25(19-7-3-2-4-8-19)20-11-12-24-22(15-20)21-9-5-6-10-23(21)28-24/h2-15,17-18,25H,16H2,1H3. The summed E-state index contributed by atoms with van der Waals surface area (Å²) in [6, 6.07) is 26.6. The maximum atomic E-state index is 4.21. The van der Waals surface area contributed by atoms with E-state index in [2.05, 4.69) is 89.3 Å². The molecule has 0 radical (unpaired) electrons. The van der Waals surface area contributed by atoms with Gasteiger partial charge in [0.15, 0.2) is 0 Å². The van der Waals surface area contributed by atoms with Crippen LogP contribution in [0.3, 0.4) is 0 Å². The molecule has 2 nitrogen and oxygen atoms in total. The maximum absolute atomic E-state index is 4.21. The number of imidazole rings is 1. The van der Waals surface area contributed by atoms with Crippen molar-refractivity contribution in [2.24, 2.45) is 5.92 Å². The molecule has 0 aliphatic carbocycles. The molecular weight excluding hydrogens is 360 g/mol. The quantitative estimate of drug-likeness (QED) is 0.330. The number of rotatable bonds is 5. The van der Waals surface area contributed by atoms with Gasteiger partial charge in [-0.15, -0.1) is 11.3 Å². The zero-order chi connectivity index (χ0) is 18.9. The first-order valence-electron chi connectivity index (χ1n) is 9.71. The molecule has 3 aromatic carbocycles. The van der Waals surface area contributed by atoms with Crippen molar-refractivity contribution in [3.63, 3.8) is 0 Å². The second kappa shape index (κ2) is 7.25. The van der Waals surface area contributed by atoms with Gasteiger partial charge >= 0.3 is 0 Å². The second-order valence-electron chi connectivity index (χ2n) is 7.48. The van der Waals surface area contributed by atoms with Crippen LogP contribution in [0.2, 0.25) is 0 Å². The van der Waals surface area contributed by atoms with E-state index < -0.39 is 0 Å². The highest BCUT2D eigenvalue weighted by molar-refractivity contribution is 7.25. The Morgan fingerprint density at radius 3 is 2.46 bits per heavy atom. The van der Waals surface area contributed by atoms with Crippen molar-refractivity contribution in [1.29, 1.82) is 0 Å². The van der Waals surface area contributed by atoms with E-state index in [0.29, 0.717) is 11.8 Å². The van der Waals surface area contributed by atoms with Crippen LogP contribution in [0, 0.1) is 5.92 Å². The van der Waals surface area contributed by atoms with Crippen molar-refractivity contribution >= 4 is 31.5 Å².